The van der Waals surface area contributed by atoms with E-state index < -0.39 is 18.3 Å². The Kier molecular flexibility index (Phi) is 4.99. The average molecular weight is 425 g/mol. The Labute approximate surface area is 190 Å². The lowest BCUT2D eigenvalue weighted by atomic mass is 9.73. The van der Waals surface area contributed by atoms with Crippen molar-refractivity contribution in [2.24, 2.45) is 0 Å². The number of benzene rings is 3. The van der Waals surface area contributed by atoms with Gasteiger partial charge in [0.1, 0.15) is 0 Å². The van der Waals surface area contributed by atoms with E-state index >= 15 is 0 Å². The van der Waals surface area contributed by atoms with Crippen molar-refractivity contribution in [3.63, 3.8) is 0 Å². The van der Waals surface area contributed by atoms with Crippen LogP contribution in [-0.2, 0) is 22.4 Å². The van der Waals surface area contributed by atoms with Gasteiger partial charge >= 0.3 is 7.12 Å². The van der Waals surface area contributed by atoms with Gasteiger partial charge < -0.3 is 14.2 Å². The molecule has 1 amide bonds. The molecule has 2 aliphatic heterocycles. The van der Waals surface area contributed by atoms with E-state index in [1.165, 1.54) is 0 Å². The van der Waals surface area contributed by atoms with Crippen LogP contribution in [0.3, 0.4) is 0 Å². The van der Waals surface area contributed by atoms with Crippen molar-refractivity contribution in [2.45, 2.75) is 52.0 Å². The molecule has 0 N–H and O–H groups in total. The van der Waals surface area contributed by atoms with Crippen molar-refractivity contribution in [1.82, 2.24) is 4.90 Å². The summed E-state index contributed by atoms with van der Waals surface area (Å²) in [5.41, 5.74) is 5.07. The number of hydrogen-bond donors (Lipinski definition) is 0. The summed E-state index contributed by atoms with van der Waals surface area (Å²) in [7, 11) is -0.531. The molecular weight excluding hydrogens is 397 g/mol. The topological polar surface area (TPSA) is 38.8 Å². The molecule has 5 heteroatoms. The highest BCUT2D eigenvalue weighted by Gasteiger charge is 2.52. The highest BCUT2D eigenvalue weighted by molar-refractivity contribution is 6.64. The first-order valence-corrected chi connectivity index (χ1v) is 11.2. The Balaban J connectivity index is 1.56. The minimum atomic E-state index is -0.531. The van der Waals surface area contributed by atoms with E-state index in [2.05, 4.69) is 58.0 Å². The lowest BCUT2D eigenvalue weighted by Crippen LogP contribution is -2.41. The summed E-state index contributed by atoms with van der Waals surface area (Å²) in [5, 5.41) is 0. The predicted molar refractivity (Wildman–Crippen MR) is 128 cm³/mol. The van der Waals surface area contributed by atoms with Crippen LogP contribution >= 0.6 is 0 Å². The molecule has 0 unspecified atom stereocenters. The Morgan fingerprint density at radius 2 is 1.44 bits per heavy atom. The van der Waals surface area contributed by atoms with E-state index in [-0.39, 0.29) is 5.91 Å². The highest BCUT2D eigenvalue weighted by atomic mass is 16.7. The first-order valence-electron chi connectivity index (χ1n) is 11.2. The molecule has 3 aromatic carbocycles. The van der Waals surface area contributed by atoms with Crippen molar-refractivity contribution >= 4 is 18.5 Å². The van der Waals surface area contributed by atoms with E-state index in [1.807, 2.05) is 47.4 Å². The molecule has 0 aromatic heterocycles. The zero-order valence-corrected chi connectivity index (χ0v) is 19.1. The molecule has 3 aromatic rings. The zero-order valence-electron chi connectivity index (χ0n) is 19.1. The molecule has 0 radical (unpaired) electrons. The molecule has 5 rings (SSSR count). The zero-order chi connectivity index (χ0) is 22.5. The van der Waals surface area contributed by atoms with Gasteiger partial charge in [0.2, 0.25) is 0 Å². The molecule has 0 saturated carbocycles. The fraction of sp³-hybridized carbons (Fsp3) is 0.296. The van der Waals surface area contributed by atoms with Gasteiger partial charge in [-0.15, -0.1) is 0 Å². The minimum absolute atomic E-state index is 0.0567. The lowest BCUT2D eigenvalue weighted by molar-refractivity contribution is 0.00578. The van der Waals surface area contributed by atoms with Crippen LogP contribution in [0.15, 0.2) is 72.8 Å². The van der Waals surface area contributed by atoms with Crippen molar-refractivity contribution in [2.75, 3.05) is 0 Å². The van der Waals surface area contributed by atoms with E-state index in [1.54, 1.807) is 0 Å². The van der Waals surface area contributed by atoms with Gasteiger partial charge in [-0.1, -0.05) is 60.7 Å². The second-order valence-corrected chi connectivity index (χ2v) is 9.70. The summed E-state index contributed by atoms with van der Waals surface area (Å²) < 4.78 is 12.8. The van der Waals surface area contributed by atoms with Gasteiger partial charge in [-0.05, 0) is 67.5 Å². The number of carbonyl (C=O) groups is 1. The van der Waals surface area contributed by atoms with Crippen LogP contribution in [0.25, 0.3) is 11.1 Å². The second-order valence-electron chi connectivity index (χ2n) is 9.70. The second kappa shape index (κ2) is 7.61. The number of hydrogen-bond acceptors (Lipinski definition) is 3. The standard InChI is InChI=1S/C27H28BNO3/c1-26(2)27(3,4)32-28(31-26)24-16-23-21(15-22(24)20-13-9-6-10-14-20)18-29(25(23)30)17-19-11-7-5-8-12-19/h5-16H,17-18H2,1-4H3. The van der Waals surface area contributed by atoms with Crippen molar-refractivity contribution < 1.29 is 14.1 Å². The highest BCUT2D eigenvalue weighted by Crippen LogP contribution is 2.38. The minimum Gasteiger partial charge on any atom is -0.399 e. The predicted octanol–water partition coefficient (Wildman–Crippen LogP) is 4.81. The molecule has 0 bridgehead atoms. The molecule has 162 valence electrons. The first-order chi connectivity index (χ1) is 15.2. The SMILES string of the molecule is CC1(C)OB(c2cc3c(cc2-c2ccccc2)CN(Cc2ccccc2)C3=O)OC1(C)C. The van der Waals surface area contributed by atoms with E-state index in [0.29, 0.717) is 13.1 Å². The molecule has 0 atom stereocenters. The van der Waals surface area contributed by atoms with Gasteiger partial charge in [0.25, 0.3) is 5.91 Å². The average Bonchev–Trinajstić information content (AvgIpc) is 3.19. The molecule has 0 spiro atoms. The molecule has 1 saturated heterocycles. The molecule has 2 heterocycles. The first kappa shape index (κ1) is 21.0. The van der Waals surface area contributed by atoms with Crippen molar-refractivity contribution in [1.29, 1.82) is 0 Å². The van der Waals surface area contributed by atoms with Gasteiger partial charge in [0, 0.05) is 18.7 Å². The normalized spacial score (nSPS) is 18.8. The van der Waals surface area contributed by atoms with Gasteiger partial charge in [-0.2, -0.15) is 0 Å². The van der Waals surface area contributed by atoms with Gasteiger partial charge in [-0.3, -0.25) is 4.79 Å². The van der Waals surface area contributed by atoms with E-state index in [9.17, 15) is 4.79 Å². The maximum atomic E-state index is 13.3. The van der Waals surface area contributed by atoms with E-state index in [0.717, 1.165) is 33.3 Å². The molecule has 1 fully saturated rings. The maximum Gasteiger partial charge on any atom is 0.495 e. The van der Waals surface area contributed by atoms with E-state index in [4.69, 9.17) is 9.31 Å². The molecule has 2 aliphatic rings. The van der Waals surface area contributed by atoms with Crippen LogP contribution in [0.2, 0.25) is 0 Å². The summed E-state index contributed by atoms with van der Waals surface area (Å²) in [6, 6.07) is 24.5. The summed E-state index contributed by atoms with van der Waals surface area (Å²) in [5.74, 6) is 0.0567. The monoisotopic (exact) mass is 425 g/mol. The number of rotatable bonds is 4. The van der Waals surface area contributed by atoms with Crippen LogP contribution in [0.5, 0.6) is 0 Å². The van der Waals surface area contributed by atoms with Crippen LogP contribution in [0.1, 0.15) is 49.2 Å². The third-order valence-corrected chi connectivity index (χ3v) is 6.96. The maximum absolute atomic E-state index is 13.3. The summed E-state index contributed by atoms with van der Waals surface area (Å²) >= 11 is 0. The van der Waals surface area contributed by atoms with Gasteiger partial charge in [-0.25, -0.2) is 0 Å². The largest absolute Gasteiger partial charge is 0.495 e. The summed E-state index contributed by atoms with van der Waals surface area (Å²) in [6.07, 6.45) is 0. The van der Waals surface area contributed by atoms with Crippen LogP contribution in [-0.4, -0.2) is 29.1 Å². The molecular formula is C27H28BNO3. The Bertz CT molecular complexity index is 1140. The van der Waals surface area contributed by atoms with Crippen LogP contribution < -0.4 is 5.46 Å². The number of carbonyl (C=O) groups excluding carboxylic acids is 1. The Hall–Kier alpha value is -2.89. The molecule has 32 heavy (non-hydrogen) atoms. The molecule has 4 nitrogen and oxygen atoms in total. The lowest BCUT2D eigenvalue weighted by Gasteiger charge is -2.32. The van der Waals surface area contributed by atoms with Crippen LogP contribution in [0.4, 0.5) is 0 Å². The van der Waals surface area contributed by atoms with Crippen molar-refractivity contribution in [3.8, 4) is 11.1 Å². The summed E-state index contributed by atoms with van der Waals surface area (Å²) in [6.45, 7) is 9.41. The smallest absolute Gasteiger partial charge is 0.399 e. The Morgan fingerprint density at radius 3 is 2.06 bits per heavy atom. The third-order valence-electron chi connectivity index (χ3n) is 6.96. The fourth-order valence-corrected chi connectivity index (χ4v) is 4.40. The van der Waals surface area contributed by atoms with Crippen LogP contribution in [0, 0.1) is 0 Å². The number of nitrogens with zero attached hydrogens (tertiary/aromatic N) is 1. The number of fused-ring (bicyclic) bond motifs is 1. The molecule has 0 aliphatic carbocycles. The fourth-order valence-electron chi connectivity index (χ4n) is 4.40. The third kappa shape index (κ3) is 3.56. The van der Waals surface area contributed by atoms with Gasteiger partial charge in [0.05, 0.1) is 11.2 Å². The summed E-state index contributed by atoms with van der Waals surface area (Å²) in [4.78, 5) is 15.2. The Morgan fingerprint density at radius 1 is 0.844 bits per heavy atom. The number of amides is 1. The van der Waals surface area contributed by atoms with Gasteiger partial charge in [0.15, 0.2) is 0 Å². The quantitative estimate of drug-likeness (QED) is 0.564. The van der Waals surface area contributed by atoms with Crippen molar-refractivity contribution in [3.05, 3.63) is 89.5 Å².